The predicted molar refractivity (Wildman–Crippen MR) is 103 cm³/mol. The van der Waals surface area contributed by atoms with E-state index in [4.69, 9.17) is 0 Å². The fraction of sp³-hybridized carbons (Fsp3) is 0.571. The molecule has 1 N–H and O–H groups in total. The highest BCUT2D eigenvalue weighted by atomic mass is 16.2. The number of rotatable bonds is 3. The van der Waals surface area contributed by atoms with Crippen LogP contribution in [0, 0.1) is 5.92 Å². The van der Waals surface area contributed by atoms with Crippen LogP contribution in [0.25, 0.3) is 0 Å². The van der Waals surface area contributed by atoms with E-state index in [9.17, 15) is 14.4 Å². The molecular formula is C21H27N3O3. The topological polar surface area (TPSA) is 69.7 Å². The molecule has 1 aromatic carbocycles. The van der Waals surface area contributed by atoms with Crippen molar-refractivity contribution in [1.29, 1.82) is 0 Å². The van der Waals surface area contributed by atoms with Crippen LogP contribution in [0.3, 0.4) is 0 Å². The van der Waals surface area contributed by atoms with Crippen LogP contribution in [0.15, 0.2) is 18.2 Å². The fourth-order valence-electron chi connectivity index (χ4n) is 4.68. The maximum atomic E-state index is 12.7. The molecule has 2 heterocycles. The van der Waals surface area contributed by atoms with Gasteiger partial charge in [0.25, 0.3) is 0 Å². The van der Waals surface area contributed by atoms with Gasteiger partial charge in [-0.2, -0.15) is 0 Å². The van der Waals surface area contributed by atoms with Crippen molar-refractivity contribution in [3.05, 3.63) is 23.8 Å². The molecule has 1 saturated carbocycles. The minimum Gasteiger partial charge on any atom is -0.339 e. The molecule has 27 heavy (non-hydrogen) atoms. The van der Waals surface area contributed by atoms with Crippen LogP contribution in [0.4, 0.5) is 11.4 Å². The first-order chi connectivity index (χ1) is 13.0. The molecule has 144 valence electrons. The highest BCUT2D eigenvalue weighted by molar-refractivity contribution is 5.99. The summed E-state index contributed by atoms with van der Waals surface area (Å²) in [6.45, 7) is 2.78. The van der Waals surface area contributed by atoms with Crippen LogP contribution in [0.1, 0.15) is 51.0 Å². The van der Waals surface area contributed by atoms with Gasteiger partial charge in [0, 0.05) is 43.9 Å². The third-order valence-corrected chi connectivity index (χ3v) is 6.17. The molecule has 1 unspecified atom stereocenters. The maximum Gasteiger partial charge on any atom is 0.229 e. The minimum absolute atomic E-state index is 0.0155. The summed E-state index contributed by atoms with van der Waals surface area (Å²) in [4.78, 5) is 40.6. The summed E-state index contributed by atoms with van der Waals surface area (Å²) < 4.78 is 0. The highest BCUT2D eigenvalue weighted by Gasteiger charge is 2.38. The van der Waals surface area contributed by atoms with Gasteiger partial charge in [0.1, 0.15) is 0 Å². The van der Waals surface area contributed by atoms with Crippen molar-refractivity contribution in [2.24, 2.45) is 5.92 Å². The average molecular weight is 369 g/mol. The summed E-state index contributed by atoms with van der Waals surface area (Å²) in [7, 11) is 0. The first-order valence-electron chi connectivity index (χ1n) is 10.0. The SMILES string of the molecule is CC(=O)N1CCc2ccc(NC(=O)C3CC(=O)N(C4CCCCC4)C3)cc21. The van der Waals surface area contributed by atoms with Crippen LogP contribution in [0.2, 0.25) is 0 Å². The van der Waals surface area contributed by atoms with Gasteiger partial charge in [0.05, 0.1) is 5.92 Å². The number of benzene rings is 1. The summed E-state index contributed by atoms with van der Waals surface area (Å²) >= 11 is 0. The lowest BCUT2D eigenvalue weighted by Gasteiger charge is -2.31. The Labute approximate surface area is 159 Å². The van der Waals surface area contributed by atoms with Crippen LogP contribution >= 0.6 is 0 Å². The summed E-state index contributed by atoms with van der Waals surface area (Å²) in [5, 5.41) is 2.96. The normalized spacial score (nSPS) is 22.9. The van der Waals surface area contributed by atoms with Crippen LogP contribution < -0.4 is 10.2 Å². The largest absolute Gasteiger partial charge is 0.339 e. The van der Waals surface area contributed by atoms with Gasteiger partial charge in [-0.3, -0.25) is 14.4 Å². The van der Waals surface area contributed by atoms with Crippen LogP contribution in [-0.2, 0) is 20.8 Å². The second-order valence-corrected chi connectivity index (χ2v) is 7.99. The van der Waals surface area contributed by atoms with E-state index >= 15 is 0 Å². The Hall–Kier alpha value is -2.37. The van der Waals surface area contributed by atoms with Crippen molar-refractivity contribution >= 4 is 29.1 Å². The Balaban J connectivity index is 1.42. The summed E-state index contributed by atoms with van der Waals surface area (Å²) in [5.74, 6) is -0.272. The fourth-order valence-corrected chi connectivity index (χ4v) is 4.68. The van der Waals surface area contributed by atoms with Crippen molar-refractivity contribution < 1.29 is 14.4 Å². The molecule has 1 aliphatic carbocycles. The molecule has 0 aromatic heterocycles. The smallest absolute Gasteiger partial charge is 0.229 e. The molecule has 0 bridgehead atoms. The summed E-state index contributed by atoms with van der Waals surface area (Å²) in [6, 6.07) is 6.04. The van der Waals surface area contributed by atoms with E-state index in [1.807, 2.05) is 23.1 Å². The second kappa shape index (κ2) is 7.33. The zero-order valence-electron chi connectivity index (χ0n) is 15.9. The van der Waals surface area contributed by atoms with E-state index in [1.54, 1.807) is 11.8 Å². The number of likely N-dealkylation sites (tertiary alicyclic amines) is 1. The second-order valence-electron chi connectivity index (χ2n) is 7.99. The Morgan fingerprint density at radius 1 is 1.15 bits per heavy atom. The Bertz CT molecular complexity index is 770. The molecule has 2 aliphatic heterocycles. The van der Waals surface area contributed by atoms with E-state index in [2.05, 4.69) is 5.32 Å². The van der Waals surface area contributed by atoms with Gasteiger partial charge in [-0.15, -0.1) is 0 Å². The monoisotopic (exact) mass is 369 g/mol. The van der Waals surface area contributed by atoms with Gasteiger partial charge in [0.2, 0.25) is 17.7 Å². The number of carbonyl (C=O) groups excluding carboxylic acids is 3. The first kappa shape index (κ1) is 18.0. The van der Waals surface area contributed by atoms with E-state index in [0.717, 1.165) is 30.5 Å². The van der Waals surface area contributed by atoms with Gasteiger partial charge in [0.15, 0.2) is 0 Å². The number of anilines is 2. The van der Waals surface area contributed by atoms with E-state index in [-0.39, 0.29) is 23.6 Å². The number of hydrogen-bond donors (Lipinski definition) is 1. The molecule has 6 nitrogen and oxygen atoms in total. The van der Waals surface area contributed by atoms with Crippen molar-refractivity contribution in [2.75, 3.05) is 23.3 Å². The molecule has 1 atom stereocenters. The molecule has 1 saturated heterocycles. The van der Waals surface area contributed by atoms with E-state index in [1.165, 1.54) is 19.3 Å². The molecule has 3 aliphatic rings. The molecule has 6 heteroatoms. The molecular weight excluding hydrogens is 342 g/mol. The lowest BCUT2D eigenvalue weighted by atomic mass is 9.94. The van der Waals surface area contributed by atoms with Crippen molar-refractivity contribution in [3.63, 3.8) is 0 Å². The highest BCUT2D eigenvalue weighted by Crippen LogP contribution is 2.32. The molecule has 3 amide bonds. The van der Waals surface area contributed by atoms with Gasteiger partial charge in [-0.1, -0.05) is 25.3 Å². The third kappa shape index (κ3) is 3.57. The lowest BCUT2D eigenvalue weighted by Crippen LogP contribution is -2.38. The van der Waals surface area contributed by atoms with Crippen LogP contribution in [0.5, 0.6) is 0 Å². The first-order valence-corrected chi connectivity index (χ1v) is 10.0. The minimum atomic E-state index is -0.295. The number of fused-ring (bicyclic) bond motifs is 1. The zero-order chi connectivity index (χ0) is 19.0. The van der Waals surface area contributed by atoms with Crippen molar-refractivity contribution in [2.45, 2.75) is 57.9 Å². The number of amides is 3. The Morgan fingerprint density at radius 3 is 2.67 bits per heavy atom. The van der Waals surface area contributed by atoms with E-state index in [0.29, 0.717) is 31.2 Å². The molecule has 4 rings (SSSR count). The number of hydrogen-bond acceptors (Lipinski definition) is 3. The van der Waals surface area contributed by atoms with Gasteiger partial charge in [-0.05, 0) is 37.0 Å². The predicted octanol–water partition coefficient (Wildman–Crippen LogP) is 2.72. The maximum absolute atomic E-state index is 12.7. The number of nitrogens with one attached hydrogen (secondary N) is 1. The standard InChI is InChI=1S/C21H27N3O3/c1-14(25)23-10-9-15-7-8-17(12-19(15)23)22-21(27)16-11-20(26)24(13-16)18-5-3-2-4-6-18/h7-8,12,16,18H,2-6,9-11,13H2,1H3,(H,22,27). The summed E-state index contributed by atoms with van der Waals surface area (Å²) in [5.41, 5.74) is 2.70. The summed E-state index contributed by atoms with van der Waals surface area (Å²) in [6.07, 6.45) is 6.86. The molecule has 2 fully saturated rings. The quantitative estimate of drug-likeness (QED) is 0.891. The van der Waals surface area contributed by atoms with E-state index < -0.39 is 0 Å². The van der Waals surface area contributed by atoms with Crippen molar-refractivity contribution in [1.82, 2.24) is 4.90 Å². The lowest BCUT2D eigenvalue weighted by molar-refractivity contribution is -0.130. The molecule has 0 radical (unpaired) electrons. The Morgan fingerprint density at radius 2 is 1.93 bits per heavy atom. The number of nitrogens with zero attached hydrogens (tertiary/aromatic N) is 2. The third-order valence-electron chi connectivity index (χ3n) is 6.17. The zero-order valence-corrected chi connectivity index (χ0v) is 15.9. The Kier molecular flexibility index (Phi) is 4.89. The average Bonchev–Trinajstić information content (AvgIpc) is 3.26. The van der Waals surface area contributed by atoms with Crippen molar-refractivity contribution in [3.8, 4) is 0 Å². The molecule has 1 aromatic rings. The van der Waals surface area contributed by atoms with Gasteiger partial charge >= 0.3 is 0 Å². The van der Waals surface area contributed by atoms with Crippen LogP contribution in [-0.4, -0.2) is 41.8 Å². The molecule has 0 spiro atoms. The number of carbonyl (C=O) groups is 3. The van der Waals surface area contributed by atoms with Gasteiger partial charge < -0.3 is 15.1 Å². The van der Waals surface area contributed by atoms with Gasteiger partial charge in [-0.25, -0.2) is 0 Å².